The van der Waals surface area contributed by atoms with Gasteiger partial charge in [-0.2, -0.15) is 0 Å². The molecule has 2 aromatic carbocycles. The summed E-state index contributed by atoms with van der Waals surface area (Å²) in [4.78, 5) is 13.4. The second kappa shape index (κ2) is 16.8. The Morgan fingerprint density at radius 1 is 0.730 bits per heavy atom. The predicted octanol–water partition coefficient (Wildman–Crippen LogP) is 9.71. The zero-order chi connectivity index (χ0) is 26.1. The third-order valence-corrected chi connectivity index (χ3v) is 7.26. The maximum absolute atomic E-state index is 13.4. The average molecular weight is 502 g/mol. The Morgan fingerprint density at radius 3 is 1.86 bits per heavy atom. The van der Waals surface area contributed by atoms with Crippen molar-refractivity contribution < 1.29 is 4.74 Å². The number of aryl methyl sites for hydroxylation is 1. The summed E-state index contributed by atoms with van der Waals surface area (Å²) in [6.07, 6.45) is 20.5. The average Bonchev–Trinajstić information content (AvgIpc) is 2.94. The molecule has 1 heterocycles. The summed E-state index contributed by atoms with van der Waals surface area (Å²) in [6.45, 7) is 7.24. The molecule has 0 unspecified atom stereocenters. The SMILES string of the molecule is C=CCOc1c(-c2ccccc2)n(CCCCCCCCCCCCCCCC)c2ccccc2c1=O. The van der Waals surface area contributed by atoms with Gasteiger partial charge in [-0.25, -0.2) is 0 Å². The highest BCUT2D eigenvalue weighted by molar-refractivity contribution is 5.86. The van der Waals surface area contributed by atoms with E-state index in [-0.39, 0.29) is 5.43 Å². The van der Waals surface area contributed by atoms with Crippen LogP contribution in [0.2, 0.25) is 0 Å². The number of aromatic nitrogens is 1. The van der Waals surface area contributed by atoms with Crippen molar-refractivity contribution in [3.8, 4) is 17.0 Å². The molecule has 0 spiro atoms. The van der Waals surface area contributed by atoms with Crippen molar-refractivity contribution in [3.63, 3.8) is 0 Å². The van der Waals surface area contributed by atoms with E-state index in [4.69, 9.17) is 4.74 Å². The molecule has 0 amide bonds. The van der Waals surface area contributed by atoms with E-state index in [1.54, 1.807) is 6.08 Å². The lowest BCUT2D eigenvalue weighted by Crippen LogP contribution is -2.17. The molecule has 0 N–H and O–H groups in total. The Balaban J connectivity index is 1.56. The fourth-order valence-corrected chi connectivity index (χ4v) is 5.23. The van der Waals surface area contributed by atoms with Gasteiger partial charge in [0.25, 0.3) is 0 Å². The van der Waals surface area contributed by atoms with Crippen LogP contribution in [0.5, 0.6) is 5.75 Å². The van der Waals surface area contributed by atoms with E-state index < -0.39 is 0 Å². The summed E-state index contributed by atoms with van der Waals surface area (Å²) in [6, 6.07) is 18.1. The van der Waals surface area contributed by atoms with Crippen molar-refractivity contribution in [2.45, 2.75) is 103 Å². The van der Waals surface area contributed by atoms with Gasteiger partial charge < -0.3 is 9.30 Å². The Morgan fingerprint density at radius 2 is 1.27 bits per heavy atom. The molecule has 3 nitrogen and oxygen atoms in total. The van der Waals surface area contributed by atoms with E-state index in [9.17, 15) is 4.79 Å². The highest BCUT2D eigenvalue weighted by Crippen LogP contribution is 2.31. The van der Waals surface area contributed by atoms with Crippen LogP contribution in [0.3, 0.4) is 0 Å². The minimum atomic E-state index is -0.0477. The first-order valence-corrected chi connectivity index (χ1v) is 14.7. The van der Waals surface area contributed by atoms with Crippen molar-refractivity contribution in [2.24, 2.45) is 0 Å². The number of benzene rings is 2. The first-order valence-electron chi connectivity index (χ1n) is 14.7. The molecule has 0 aliphatic rings. The molecular formula is C34H47NO2. The van der Waals surface area contributed by atoms with E-state index in [1.165, 1.54) is 83.5 Å². The molecule has 0 aliphatic heterocycles. The van der Waals surface area contributed by atoms with Crippen LogP contribution in [0.4, 0.5) is 0 Å². The quantitative estimate of drug-likeness (QED) is 0.121. The summed E-state index contributed by atoms with van der Waals surface area (Å²) in [7, 11) is 0. The second-order valence-corrected chi connectivity index (χ2v) is 10.2. The second-order valence-electron chi connectivity index (χ2n) is 10.2. The van der Waals surface area contributed by atoms with Gasteiger partial charge in [0.05, 0.1) is 11.2 Å². The van der Waals surface area contributed by atoms with Gasteiger partial charge in [0.1, 0.15) is 6.61 Å². The lowest BCUT2D eigenvalue weighted by atomic mass is 10.0. The third-order valence-electron chi connectivity index (χ3n) is 7.26. The Labute approximate surface area is 224 Å². The summed E-state index contributed by atoms with van der Waals surface area (Å²) >= 11 is 0. The molecule has 3 heteroatoms. The van der Waals surface area contributed by atoms with Gasteiger partial charge in [-0.15, -0.1) is 0 Å². The van der Waals surface area contributed by atoms with Crippen LogP contribution < -0.4 is 10.2 Å². The normalized spacial score (nSPS) is 11.2. The fourth-order valence-electron chi connectivity index (χ4n) is 5.23. The number of nitrogens with zero attached hydrogens (tertiary/aromatic N) is 1. The maximum Gasteiger partial charge on any atom is 0.231 e. The van der Waals surface area contributed by atoms with E-state index in [0.717, 1.165) is 29.7 Å². The Bertz CT molecular complexity index is 1120. The zero-order valence-corrected chi connectivity index (χ0v) is 23.1. The Hall–Kier alpha value is -2.81. The van der Waals surface area contributed by atoms with Crippen molar-refractivity contribution in [2.75, 3.05) is 6.61 Å². The lowest BCUT2D eigenvalue weighted by Gasteiger charge is -2.21. The standard InChI is InChI=1S/C34H47NO2/c1-3-5-6-7-8-9-10-11-12-13-14-15-16-22-27-35-31-26-21-20-25-30(31)33(36)34(37-28-4-2)32(35)29-23-18-17-19-24-29/h4,17-21,23-26H,2-3,5-16,22,27-28H2,1H3. The molecule has 0 saturated carbocycles. The highest BCUT2D eigenvalue weighted by atomic mass is 16.5. The molecule has 3 aromatic rings. The van der Waals surface area contributed by atoms with E-state index in [2.05, 4.69) is 36.3 Å². The minimum Gasteiger partial charge on any atom is -0.483 e. The maximum atomic E-state index is 13.4. The number of rotatable bonds is 19. The van der Waals surface area contributed by atoms with E-state index >= 15 is 0 Å². The highest BCUT2D eigenvalue weighted by Gasteiger charge is 2.19. The number of ether oxygens (including phenoxy) is 1. The van der Waals surface area contributed by atoms with Gasteiger partial charge in [0, 0.05) is 17.5 Å². The molecule has 0 atom stereocenters. The van der Waals surface area contributed by atoms with Gasteiger partial charge in [-0.05, 0) is 18.6 Å². The lowest BCUT2D eigenvalue weighted by molar-refractivity contribution is 0.358. The molecule has 0 saturated heterocycles. The first kappa shape index (κ1) is 28.8. The van der Waals surface area contributed by atoms with Crippen molar-refractivity contribution in [3.05, 3.63) is 77.5 Å². The smallest absolute Gasteiger partial charge is 0.231 e. The molecule has 1 aromatic heterocycles. The van der Waals surface area contributed by atoms with Crippen molar-refractivity contribution in [1.82, 2.24) is 4.57 Å². The largest absolute Gasteiger partial charge is 0.483 e. The van der Waals surface area contributed by atoms with Gasteiger partial charge in [0.2, 0.25) is 5.43 Å². The summed E-state index contributed by atoms with van der Waals surface area (Å²) in [5, 5.41) is 0.714. The molecule has 3 rings (SSSR count). The van der Waals surface area contributed by atoms with Gasteiger partial charge in [0.15, 0.2) is 5.75 Å². The molecular weight excluding hydrogens is 454 g/mol. The van der Waals surface area contributed by atoms with Gasteiger partial charge >= 0.3 is 0 Å². The van der Waals surface area contributed by atoms with Crippen LogP contribution in [0.15, 0.2) is 72.0 Å². The number of hydrogen-bond acceptors (Lipinski definition) is 2. The van der Waals surface area contributed by atoms with Crippen LogP contribution in [0.25, 0.3) is 22.2 Å². The molecule has 0 bridgehead atoms. The number of pyridine rings is 1. The van der Waals surface area contributed by atoms with Crippen LogP contribution >= 0.6 is 0 Å². The third kappa shape index (κ3) is 8.91. The first-order chi connectivity index (χ1) is 18.3. The summed E-state index contributed by atoms with van der Waals surface area (Å²) in [5.41, 5.74) is 2.82. The van der Waals surface area contributed by atoms with Crippen molar-refractivity contribution >= 4 is 10.9 Å². The van der Waals surface area contributed by atoms with Gasteiger partial charge in [-0.1, -0.05) is 146 Å². The zero-order valence-electron chi connectivity index (χ0n) is 23.1. The van der Waals surface area contributed by atoms with E-state index in [0.29, 0.717) is 17.7 Å². The van der Waals surface area contributed by atoms with Crippen molar-refractivity contribution in [1.29, 1.82) is 0 Å². The number of para-hydroxylation sites is 1. The number of fused-ring (bicyclic) bond motifs is 1. The molecule has 200 valence electrons. The van der Waals surface area contributed by atoms with Crippen LogP contribution in [0.1, 0.15) is 96.8 Å². The molecule has 37 heavy (non-hydrogen) atoms. The Kier molecular flexibility index (Phi) is 13.1. The minimum absolute atomic E-state index is 0.0477. The number of hydrogen-bond donors (Lipinski definition) is 0. The van der Waals surface area contributed by atoms with Crippen LogP contribution in [-0.4, -0.2) is 11.2 Å². The van der Waals surface area contributed by atoms with Crippen LogP contribution in [-0.2, 0) is 6.54 Å². The molecule has 0 fully saturated rings. The topological polar surface area (TPSA) is 31.2 Å². The monoisotopic (exact) mass is 501 g/mol. The van der Waals surface area contributed by atoms with Crippen LogP contribution in [0, 0.1) is 0 Å². The summed E-state index contributed by atoms with van der Waals surface area (Å²) in [5.74, 6) is 0.426. The fraction of sp³-hybridized carbons (Fsp3) is 0.500. The number of unbranched alkanes of at least 4 members (excludes halogenated alkanes) is 13. The van der Waals surface area contributed by atoms with Gasteiger partial charge in [-0.3, -0.25) is 4.79 Å². The molecule has 0 radical (unpaired) electrons. The predicted molar refractivity (Wildman–Crippen MR) is 160 cm³/mol. The molecule has 0 aliphatic carbocycles. The summed E-state index contributed by atoms with van der Waals surface area (Å²) < 4.78 is 8.29. The van der Waals surface area contributed by atoms with E-state index in [1.807, 2.05) is 36.4 Å².